The van der Waals surface area contributed by atoms with Gasteiger partial charge in [0, 0.05) is 17.0 Å². The Balaban J connectivity index is 2.72. The summed E-state index contributed by atoms with van der Waals surface area (Å²) in [6, 6.07) is 5.88. The van der Waals surface area contributed by atoms with Crippen LogP contribution < -0.4 is 0 Å². The van der Waals surface area contributed by atoms with Crippen LogP contribution in [-0.2, 0) is 4.79 Å². The zero-order chi connectivity index (χ0) is 11.3. The van der Waals surface area contributed by atoms with Crippen molar-refractivity contribution in [3.05, 3.63) is 46.5 Å². The Morgan fingerprint density at radius 2 is 2.00 bits per heavy atom. The Hall–Kier alpha value is -1.62. The zero-order valence-electron chi connectivity index (χ0n) is 8.04. The minimum atomic E-state index is -0.470. The first-order valence-corrected chi connectivity index (χ1v) is 5.04. The fourth-order valence-electron chi connectivity index (χ4n) is 0.922. The van der Waals surface area contributed by atoms with E-state index in [1.54, 1.807) is 25.1 Å². The van der Waals surface area contributed by atoms with Crippen LogP contribution in [0.4, 0.5) is 5.69 Å². The molecule has 78 valence electrons. The molecule has 0 N–H and O–H groups in total. The molecule has 0 radical (unpaired) electrons. The van der Waals surface area contributed by atoms with E-state index < -0.39 is 4.92 Å². The van der Waals surface area contributed by atoms with Gasteiger partial charge in [-0.05, 0) is 36.9 Å². The van der Waals surface area contributed by atoms with Gasteiger partial charge in [-0.25, -0.2) is 0 Å². The summed E-state index contributed by atoms with van der Waals surface area (Å²) >= 11 is 1.04. The number of hydrogen-bond acceptors (Lipinski definition) is 4. The van der Waals surface area contributed by atoms with E-state index in [0.29, 0.717) is 4.90 Å². The number of carbonyl (C=O) groups excluding carboxylic acids is 1. The van der Waals surface area contributed by atoms with Gasteiger partial charge in [-0.1, -0.05) is 6.08 Å². The van der Waals surface area contributed by atoms with E-state index in [1.807, 2.05) is 0 Å². The minimum Gasteiger partial charge on any atom is -0.282 e. The number of carbonyl (C=O) groups is 1. The number of nitro groups is 1. The summed E-state index contributed by atoms with van der Waals surface area (Å²) in [7, 11) is 0. The summed E-state index contributed by atoms with van der Waals surface area (Å²) in [6.45, 7) is 1.76. The predicted molar refractivity (Wildman–Crippen MR) is 58.8 cm³/mol. The fraction of sp³-hybridized carbons (Fsp3) is 0.100. The van der Waals surface area contributed by atoms with E-state index in [1.165, 1.54) is 18.2 Å². The van der Waals surface area contributed by atoms with Gasteiger partial charge >= 0.3 is 0 Å². The second-order valence-electron chi connectivity index (χ2n) is 2.67. The third-order valence-corrected chi connectivity index (χ3v) is 2.41. The lowest BCUT2D eigenvalue weighted by atomic mass is 10.3. The van der Waals surface area contributed by atoms with Crippen LogP contribution in [0.15, 0.2) is 41.3 Å². The molecule has 1 rings (SSSR count). The molecule has 0 aliphatic carbocycles. The molecule has 0 saturated heterocycles. The third-order valence-electron chi connectivity index (χ3n) is 1.57. The number of allylic oxidation sites excluding steroid dienone is 1. The van der Waals surface area contributed by atoms with Crippen molar-refractivity contribution in [2.24, 2.45) is 0 Å². The average Bonchev–Trinajstić information content (AvgIpc) is 2.18. The summed E-state index contributed by atoms with van der Waals surface area (Å²) in [6.07, 6.45) is 3.10. The van der Waals surface area contributed by atoms with Crippen LogP contribution in [0.1, 0.15) is 6.92 Å². The topological polar surface area (TPSA) is 60.2 Å². The molecule has 0 saturated carbocycles. The Labute approximate surface area is 91.1 Å². The highest BCUT2D eigenvalue weighted by Gasteiger charge is 2.05. The van der Waals surface area contributed by atoms with Crippen molar-refractivity contribution in [3.63, 3.8) is 0 Å². The number of nitrogens with zero attached hydrogens (tertiary/aromatic N) is 1. The van der Waals surface area contributed by atoms with Crippen LogP contribution >= 0.6 is 11.8 Å². The summed E-state index contributed by atoms with van der Waals surface area (Å²) in [5.41, 5.74) is 0.0258. The molecule has 1 aromatic carbocycles. The van der Waals surface area contributed by atoms with E-state index in [0.717, 1.165) is 11.8 Å². The maximum absolute atomic E-state index is 11.2. The van der Waals surface area contributed by atoms with Crippen LogP contribution in [0.2, 0.25) is 0 Å². The van der Waals surface area contributed by atoms with E-state index in [2.05, 4.69) is 0 Å². The van der Waals surface area contributed by atoms with Crippen molar-refractivity contribution in [3.8, 4) is 0 Å². The predicted octanol–water partition coefficient (Wildman–Crippen LogP) is 2.79. The van der Waals surface area contributed by atoms with Crippen LogP contribution in [0.3, 0.4) is 0 Å². The molecular formula is C10H9NO3S. The normalized spacial score (nSPS) is 10.5. The SMILES string of the molecule is CC=CC(=O)Sc1ccc([N+](=O)[O-])cc1. The Kier molecular flexibility index (Phi) is 4.05. The molecule has 15 heavy (non-hydrogen) atoms. The second-order valence-corrected chi connectivity index (χ2v) is 3.75. The monoisotopic (exact) mass is 223 g/mol. The van der Waals surface area contributed by atoms with Gasteiger partial charge in [0.1, 0.15) is 0 Å². The largest absolute Gasteiger partial charge is 0.282 e. The van der Waals surface area contributed by atoms with Gasteiger partial charge in [-0.15, -0.1) is 0 Å². The van der Waals surface area contributed by atoms with Crippen LogP contribution in [0.5, 0.6) is 0 Å². The summed E-state index contributed by atoms with van der Waals surface area (Å²) in [5, 5.41) is 10.3. The molecule has 0 unspecified atom stereocenters. The second kappa shape index (κ2) is 5.31. The lowest BCUT2D eigenvalue weighted by molar-refractivity contribution is -0.384. The van der Waals surface area contributed by atoms with Crippen molar-refractivity contribution < 1.29 is 9.72 Å². The van der Waals surface area contributed by atoms with Crippen LogP contribution in [0, 0.1) is 10.1 Å². The zero-order valence-corrected chi connectivity index (χ0v) is 8.86. The van der Waals surface area contributed by atoms with Crippen LogP contribution in [0.25, 0.3) is 0 Å². The fourth-order valence-corrected chi connectivity index (χ4v) is 1.63. The number of benzene rings is 1. The number of nitro benzene ring substituents is 1. The number of hydrogen-bond donors (Lipinski definition) is 0. The third kappa shape index (κ3) is 3.55. The van der Waals surface area contributed by atoms with Gasteiger partial charge in [0.2, 0.25) is 5.12 Å². The molecule has 0 amide bonds. The quantitative estimate of drug-likeness (QED) is 0.342. The van der Waals surface area contributed by atoms with Gasteiger partial charge in [-0.3, -0.25) is 14.9 Å². The van der Waals surface area contributed by atoms with Gasteiger partial charge in [-0.2, -0.15) is 0 Å². The maximum atomic E-state index is 11.2. The van der Waals surface area contributed by atoms with E-state index in [9.17, 15) is 14.9 Å². The van der Waals surface area contributed by atoms with E-state index in [4.69, 9.17) is 0 Å². The molecule has 1 aromatic rings. The highest BCUT2D eigenvalue weighted by molar-refractivity contribution is 8.14. The number of thioether (sulfide) groups is 1. The van der Waals surface area contributed by atoms with E-state index >= 15 is 0 Å². The average molecular weight is 223 g/mol. The van der Waals surface area contributed by atoms with Gasteiger partial charge in [0.25, 0.3) is 5.69 Å². The van der Waals surface area contributed by atoms with Crippen molar-refractivity contribution in [1.82, 2.24) is 0 Å². The smallest absolute Gasteiger partial charge is 0.269 e. The highest BCUT2D eigenvalue weighted by atomic mass is 32.2. The number of non-ortho nitro benzene ring substituents is 1. The summed E-state index contributed by atoms with van der Waals surface area (Å²) < 4.78 is 0. The summed E-state index contributed by atoms with van der Waals surface area (Å²) in [4.78, 5) is 21.8. The summed E-state index contributed by atoms with van der Waals surface area (Å²) in [5.74, 6) is 0. The first-order chi connectivity index (χ1) is 7.13. The molecule has 4 nitrogen and oxygen atoms in total. The first-order valence-electron chi connectivity index (χ1n) is 4.22. The Morgan fingerprint density at radius 3 is 2.47 bits per heavy atom. The maximum Gasteiger partial charge on any atom is 0.269 e. The van der Waals surface area contributed by atoms with Gasteiger partial charge in [0.15, 0.2) is 0 Å². The van der Waals surface area contributed by atoms with Gasteiger partial charge < -0.3 is 0 Å². The molecule has 0 aliphatic heterocycles. The van der Waals surface area contributed by atoms with Crippen molar-refractivity contribution in [2.45, 2.75) is 11.8 Å². The minimum absolute atomic E-state index is 0.0258. The lowest BCUT2D eigenvalue weighted by Gasteiger charge is -1.96. The molecule has 0 atom stereocenters. The van der Waals surface area contributed by atoms with Gasteiger partial charge in [0.05, 0.1) is 4.92 Å². The molecule has 0 fully saturated rings. The molecular weight excluding hydrogens is 214 g/mol. The molecule has 0 aromatic heterocycles. The Bertz CT molecular complexity index is 398. The molecule has 0 spiro atoms. The van der Waals surface area contributed by atoms with E-state index in [-0.39, 0.29) is 10.8 Å². The highest BCUT2D eigenvalue weighted by Crippen LogP contribution is 2.22. The molecule has 5 heteroatoms. The molecule has 0 aliphatic rings. The molecule has 0 bridgehead atoms. The standard InChI is InChI=1S/C10H9NO3S/c1-2-3-10(12)15-9-6-4-8(5-7-9)11(13)14/h2-7H,1H3. The van der Waals surface area contributed by atoms with Crippen molar-refractivity contribution in [2.75, 3.05) is 0 Å². The Morgan fingerprint density at radius 1 is 1.40 bits per heavy atom. The lowest BCUT2D eigenvalue weighted by Crippen LogP contribution is -1.88. The van der Waals surface area contributed by atoms with Crippen molar-refractivity contribution >= 4 is 22.6 Å². The number of rotatable bonds is 3. The van der Waals surface area contributed by atoms with Crippen molar-refractivity contribution in [1.29, 1.82) is 0 Å². The first kappa shape index (κ1) is 11.5. The molecule has 0 heterocycles. The van der Waals surface area contributed by atoms with Crippen LogP contribution in [-0.4, -0.2) is 10.0 Å².